The number of nitrogens with one attached hydrogen (secondary N) is 1. The predicted octanol–water partition coefficient (Wildman–Crippen LogP) is 2.42. The summed E-state index contributed by atoms with van der Waals surface area (Å²) in [5.74, 6) is -0.190. The van der Waals surface area contributed by atoms with Crippen molar-refractivity contribution < 1.29 is 21.6 Å². The fraction of sp³-hybridized carbons (Fsp3) is 0.111. The Balaban J connectivity index is 2.46. The van der Waals surface area contributed by atoms with E-state index in [4.69, 9.17) is 10.7 Å². The summed E-state index contributed by atoms with van der Waals surface area (Å²) in [6.07, 6.45) is -4.51. The normalized spacial score (nSPS) is 12.6. The SMILES string of the molecule is O=S(=O)(Cl)c1nc(-c2cccc(C(F)(F)F)c2)n[nH]1. The van der Waals surface area contributed by atoms with Crippen molar-refractivity contribution >= 4 is 19.7 Å². The number of aromatic nitrogens is 3. The number of hydrogen-bond donors (Lipinski definition) is 1. The highest BCUT2D eigenvalue weighted by atomic mass is 35.7. The van der Waals surface area contributed by atoms with Gasteiger partial charge in [-0.3, -0.25) is 0 Å². The lowest BCUT2D eigenvalue weighted by molar-refractivity contribution is -0.137. The van der Waals surface area contributed by atoms with Gasteiger partial charge in [0.1, 0.15) is 0 Å². The molecule has 102 valence electrons. The van der Waals surface area contributed by atoms with E-state index >= 15 is 0 Å². The van der Waals surface area contributed by atoms with Gasteiger partial charge in [0.15, 0.2) is 5.82 Å². The second-order valence-corrected chi connectivity index (χ2v) is 5.96. The van der Waals surface area contributed by atoms with Crippen LogP contribution in [0.25, 0.3) is 11.4 Å². The molecule has 10 heteroatoms. The molecular weight excluding hydrogens is 307 g/mol. The van der Waals surface area contributed by atoms with Crippen molar-refractivity contribution in [3.8, 4) is 11.4 Å². The highest BCUT2D eigenvalue weighted by molar-refractivity contribution is 8.13. The van der Waals surface area contributed by atoms with E-state index in [9.17, 15) is 21.6 Å². The summed E-state index contributed by atoms with van der Waals surface area (Å²) < 4.78 is 59.4. The molecule has 0 saturated heterocycles. The second kappa shape index (κ2) is 4.49. The number of nitrogens with zero attached hydrogens (tertiary/aromatic N) is 2. The largest absolute Gasteiger partial charge is 0.416 e. The Hall–Kier alpha value is -1.61. The van der Waals surface area contributed by atoms with Crippen molar-refractivity contribution in [3.63, 3.8) is 0 Å². The molecule has 1 heterocycles. The molecule has 0 saturated carbocycles. The van der Waals surface area contributed by atoms with E-state index in [0.29, 0.717) is 0 Å². The number of halogens is 4. The van der Waals surface area contributed by atoms with Crippen LogP contribution in [0.4, 0.5) is 13.2 Å². The van der Waals surface area contributed by atoms with Crippen LogP contribution in [0.3, 0.4) is 0 Å². The zero-order valence-electron chi connectivity index (χ0n) is 8.94. The Bertz CT molecular complexity index is 711. The molecule has 1 aromatic carbocycles. The fourth-order valence-electron chi connectivity index (χ4n) is 1.32. The molecule has 5 nitrogen and oxygen atoms in total. The Morgan fingerprint density at radius 2 is 1.95 bits per heavy atom. The summed E-state index contributed by atoms with van der Waals surface area (Å²) in [6.45, 7) is 0. The Morgan fingerprint density at radius 1 is 1.26 bits per heavy atom. The van der Waals surface area contributed by atoms with Crippen molar-refractivity contribution in [2.24, 2.45) is 0 Å². The molecule has 0 aliphatic carbocycles. The molecule has 0 radical (unpaired) electrons. The first-order chi connectivity index (χ1) is 8.68. The highest BCUT2D eigenvalue weighted by Gasteiger charge is 2.30. The van der Waals surface area contributed by atoms with Gasteiger partial charge >= 0.3 is 6.18 Å². The summed E-state index contributed by atoms with van der Waals surface area (Å²) in [5.41, 5.74) is -0.859. The Morgan fingerprint density at radius 3 is 2.47 bits per heavy atom. The fourth-order valence-corrected chi connectivity index (χ4v) is 1.88. The van der Waals surface area contributed by atoms with Crippen LogP contribution in [0.15, 0.2) is 29.4 Å². The van der Waals surface area contributed by atoms with Crippen LogP contribution >= 0.6 is 10.7 Å². The maximum Gasteiger partial charge on any atom is 0.416 e. The van der Waals surface area contributed by atoms with Gasteiger partial charge in [-0.05, 0) is 12.1 Å². The zero-order valence-corrected chi connectivity index (χ0v) is 10.5. The lowest BCUT2D eigenvalue weighted by Gasteiger charge is -2.06. The molecule has 0 amide bonds. The van der Waals surface area contributed by atoms with Crippen LogP contribution < -0.4 is 0 Å². The standard InChI is InChI=1S/C9H5ClF3N3O2S/c10-19(17,18)8-14-7(15-16-8)5-2-1-3-6(4-5)9(11,12)13/h1-4H,(H,14,15,16). The number of benzene rings is 1. The molecule has 0 aliphatic heterocycles. The van der Waals surface area contributed by atoms with Gasteiger partial charge in [0.05, 0.1) is 5.56 Å². The van der Waals surface area contributed by atoms with E-state index in [1.807, 2.05) is 5.10 Å². The number of hydrogen-bond acceptors (Lipinski definition) is 4. The van der Waals surface area contributed by atoms with Crippen LogP contribution in [-0.2, 0) is 15.2 Å². The molecule has 0 aliphatic rings. The first kappa shape index (κ1) is 13.8. The van der Waals surface area contributed by atoms with Crippen LogP contribution in [0.2, 0.25) is 0 Å². The smallest absolute Gasteiger partial charge is 0.248 e. The van der Waals surface area contributed by atoms with Crippen LogP contribution in [0.1, 0.15) is 5.56 Å². The molecule has 1 N–H and O–H groups in total. The van der Waals surface area contributed by atoms with Crippen molar-refractivity contribution in [1.29, 1.82) is 0 Å². The number of H-pyrrole nitrogens is 1. The van der Waals surface area contributed by atoms with E-state index in [1.54, 1.807) is 0 Å². The van der Waals surface area contributed by atoms with E-state index < -0.39 is 25.9 Å². The van der Waals surface area contributed by atoms with Crippen molar-refractivity contribution in [2.45, 2.75) is 11.3 Å². The van der Waals surface area contributed by atoms with E-state index in [-0.39, 0.29) is 11.4 Å². The van der Waals surface area contributed by atoms with Gasteiger partial charge in [-0.25, -0.2) is 13.5 Å². The molecule has 0 unspecified atom stereocenters. The highest BCUT2D eigenvalue weighted by Crippen LogP contribution is 2.31. The average Bonchev–Trinajstić information content (AvgIpc) is 2.77. The van der Waals surface area contributed by atoms with Crippen LogP contribution in [0.5, 0.6) is 0 Å². The second-order valence-electron chi connectivity index (χ2n) is 3.48. The summed E-state index contributed by atoms with van der Waals surface area (Å²) in [6, 6.07) is 4.19. The lowest BCUT2D eigenvalue weighted by Crippen LogP contribution is -2.04. The minimum absolute atomic E-state index is 0.0256. The van der Waals surface area contributed by atoms with E-state index in [2.05, 4.69) is 10.1 Å². The van der Waals surface area contributed by atoms with Crippen molar-refractivity contribution in [1.82, 2.24) is 15.2 Å². The molecule has 19 heavy (non-hydrogen) atoms. The monoisotopic (exact) mass is 311 g/mol. The first-order valence-corrected chi connectivity index (χ1v) is 7.03. The maximum absolute atomic E-state index is 12.5. The topological polar surface area (TPSA) is 75.7 Å². The van der Waals surface area contributed by atoms with Gasteiger partial charge in [0.25, 0.3) is 14.2 Å². The van der Waals surface area contributed by atoms with E-state index in [0.717, 1.165) is 12.1 Å². The van der Waals surface area contributed by atoms with Gasteiger partial charge in [0.2, 0.25) is 0 Å². The van der Waals surface area contributed by atoms with Gasteiger partial charge in [-0.2, -0.15) is 23.3 Å². The predicted molar refractivity (Wildman–Crippen MR) is 59.9 cm³/mol. The third-order valence-electron chi connectivity index (χ3n) is 2.14. The van der Waals surface area contributed by atoms with Crippen molar-refractivity contribution in [3.05, 3.63) is 29.8 Å². The number of aromatic amines is 1. The summed E-state index contributed by atoms with van der Waals surface area (Å²) in [4.78, 5) is 3.52. The average molecular weight is 312 g/mol. The first-order valence-electron chi connectivity index (χ1n) is 4.72. The quantitative estimate of drug-likeness (QED) is 0.864. The van der Waals surface area contributed by atoms with Crippen LogP contribution in [-0.4, -0.2) is 23.6 Å². The zero-order chi connectivity index (χ0) is 14.3. The Labute approximate surface area is 109 Å². The van der Waals surface area contributed by atoms with Crippen molar-refractivity contribution in [2.75, 3.05) is 0 Å². The lowest BCUT2D eigenvalue weighted by atomic mass is 10.1. The summed E-state index contributed by atoms with van der Waals surface area (Å²) in [5, 5.41) is 4.93. The van der Waals surface area contributed by atoms with Gasteiger partial charge < -0.3 is 0 Å². The van der Waals surface area contributed by atoms with Gasteiger partial charge in [-0.15, -0.1) is 0 Å². The molecule has 2 rings (SSSR count). The minimum atomic E-state index is -4.51. The van der Waals surface area contributed by atoms with Gasteiger partial charge in [-0.1, -0.05) is 12.1 Å². The molecule has 0 spiro atoms. The number of rotatable bonds is 2. The van der Waals surface area contributed by atoms with Gasteiger partial charge in [0, 0.05) is 16.2 Å². The molecule has 0 atom stereocenters. The molecule has 0 fully saturated rings. The molecule has 0 bridgehead atoms. The molecular formula is C9H5ClF3N3O2S. The summed E-state index contributed by atoms with van der Waals surface area (Å²) >= 11 is 0. The molecule has 1 aromatic heterocycles. The molecule has 2 aromatic rings. The van der Waals surface area contributed by atoms with E-state index in [1.165, 1.54) is 12.1 Å². The summed E-state index contributed by atoms with van der Waals surface area (Å²) in [7, 11) is 0.914. The Kier molecular flexibility index (Phi) is 3.27. The number of alkyl halides is 3. The van der Waals surface area contributed by atoms with Crippen LogP contribution in [0, 0.1) is 0 Å². The third kappa shape index (κ3) is 3.04. The maximum atomic E-state index is 12.5. The minimum Gasteiger partial charge on any atom is -0.248 e. The third-order valence-corrected chi connectivity index (χ3v) is 3.23.